The highest BCUT2D eigenvalue weighted by molar-refractivity contribution is 5.95. The molecule has 0 saturated carbocycles. The Labute approximate surface area is 119 Å². The number of phenols is 1. The van der Waals surface area contributed by atoms with Gasteiger partial charge >= 0.3 is 5.97 Å². The number of amides is 1. The quantitative estimate of drug-likeness (QED) is 0.806. The first kappa shape index (κ1) is 14.5. The van der Waals surface area contributed by atoms with Crippen LogP contribution in [0.25, 0.3) is 0 Å². The molecule has 108 valence electrons. The number of phenolic OH excluding ortho intramolecular Hbond substituents is 1. The van der Waals surface area contributed by atoms with E-state index in [1.807, 2.05) is 0 Å². The van der Waals surface area contributed by atoms with Crippen LogP contribution in [0.1, 0.15) is 15.9 Å². The molecule has 0 radical (unpaired) electrons. The zero-order chi connectivity index (χ0) is 15.4. The molecule has 5 nitrogen and oxygen atoms in total. The normalized spacial score (nSPS) is 10.1. The van der Waals surface area contributed by atoms with E-state index in [1.165, 1.54) is 30.3 Å². The van der Waals surface area contributed by atoms with Gasteiger partial charge < -0.3 is 15.5 Å². The molecule has 0 heterocycles. The molecule has 6 heteroatoms. The first-order valence-corrected chi connectivity index (χ1v) is 6.06. The number of carboxylic acid groups (broad SMARTS) is 1. The molecule has 0 saturated heterocycles. The van der Waals surface area contributed by atoms with Crippen molar-refractivity contribution < 1.29 is 24.2 Å². The third-order valence-corrected chi connectivity index (χ3v) is 2.79. The van der Waals surface area contributed by atoms with Crippen LogP contribution in [-0.2, 0) is 11.2 Å². The molecule has 1 amide bonds. The Bertz CT molecular complexity index is 700. The third kappa shape index (κ3) is 3.79. The van der Waals surface area contributed by atoms with Crippen LogP contribution in [0.2, 0.25) is 0 Å². The third-order valence-electron chi connectivity index (χ3n) is 2.79. The molecule has 2 aromatic rings. The van der Waals surface area contributed by atoms with E-state index in [0.29, 0.717) is 5.69 Å². The van der Waals surface area contributed by atoms with E-state index in [9.17, 15) is 19.1 Å². The summed E-state index contributed by atoms with van der Waals surface area (Å²) in [6.45, 7) is 0. The minimum atomic E-state index is -1.10. The molecule has 0 bridgehead atoms. The lowest BCUT2D eigenvalue weighted by molar-refractivity contribution is -0.115. The lowest BCUT2D eigenvalue weighted by atomic mass is 10.1. The summed E-state index contributed by atoms with van der Waals surface area (Å²) in [5, 5.41) is 20.9. The maximum absolute atomic E-state index is 13.1. The van der Waals surface area contributed by atoms with Gasteiger partial charge in [0.15, 0.2) is 0 Å². The molecule has 0 aliphatic rings. The van der Waals surface area contributed by atoms with Gasteiger partial charge in [-0.2, -0.15) is 0 Å². The fourth-order valence-corrected chi connectivity index (χ4v) is 1.80. The van der Waals surface area contributed by atoms with Crippen molar-refractivity contribution in [3.8, 4) is 5.75 Å². The van der Waals surface area contributed by atoms with Gasteiger partial charge in [0.1, 0.15) is 11.6 Å². The number of carbonyl (C=O) groups is 2. The number of rotatable bonds is 4. The number of aromatic carboxylic acids is 1. The van der Waals surface area contributed by atoms with Gasteiger partial charge in [-0.15, -0.1) is 0 Å². The summed E-state index contributed by atoms with van der Waals surface area (Å²) in [6.07, 6.45) is -0.221. The van der Waals surface area contributed by atoms with E-state index in [2.05, 4.69) is 5.32 Å². The molecule has 2 aromatic carbocycles. The molecular formula is C15H12FNO4. The van der Waals surface area contributed by atoms with E-state index < -0.39 is 17.7 Å². The van der Waals surface area contributed by atoms with E-state index in [-0.39, 0.29) is 23.3 Å². The second-order valence-electron chi connectivity index (χ2n) is 4.38. The number of hydrogen-bond acceptors (Lipinski definition) is 3. The Morgan fingerprint density at radius 3 is 2.62 bits per heavy atom. The molecule has 3 N–H and O–H groups in total. The van der Waals surface area contributed by atoms with Gasteiger partial charge in [-0.25, -0.2) is 9.18 Å². The van der Waals surface area contributed by atoms with Crippen molar-refractivity contribution >= 4 is 17.6 Å². The Balaban J connectivity index is 2.10. The van der Waals surface area contributed by atoms with Crippen molar-refractivity contribution in [2.45, 2.75) is 6.42 Å². The van der Waals surface area contributed by atoms with E-state index >= 15 is 0 Å². The molecule has 0 fully saturated rings. The zero-order valence-electron chi connectivity index (χ0n) is 10.8. The number of benzene rings is 2. The highest BCUT2D eigenvalue weighted by Gasteiger charge is 2.10. The van der Waals surface area contributed by atoms with E-state index in [1.54, 1.807) is 0 Å². The van der Waals surface area contributed by atoms with Crippen LogP contribution in [0.3, 0.4) is 0 Å². The fourth-order valence-electron chi connectivity index (χ4n) is 1.80. The van der Waals surface area contributed by atoms with Gasteiger partial charge in [-0.3, -0.25) is 4.79 Å². The highest BCUT2D eigenvalue weighted by Crippen LogP contribution is 2.19. The topological polar surface area (TPSA) is 86.6 Å². The number of halogens is 1. The summed E-state index contributed by atoms with van der Waals surface area (Å²) in [7, 11) is 0. The average Bonchev–Trinajstić information content (AvgIpc) is 2.43. The van der Waals surface area contributed by atoms with Crippen molar-refractivity contribution in [3.05, 3.63) is 59.4 Å². The van der Waals surface area contributed by atoms with Crippen LogP contribution in [0.5, 0.6) is 5.75 Å². The Morgan fingerprint density at radius 2 is 1.90 bits per heavy atom. The maximum Gasteiger partial charge on any atom is 0.335 e. The molecule has 2 rings (SSSR count). The number of carbonyl (C=O) groups excluding carboxylic acids is 1. The molecule has 0 atom stereocenters. The Morgan fingerprint density at radius 1 is 1.14 bits per heavy atom. The maximum atomic E-state index is 13.1. The first-order chi connectivity index (χ1) is 9.95. The largest absolute Gasteiger partial charge is 0.508 e. The zero-order valence-corrected chi connectivity index (χ0v) is 10.8. The second kappa shape index (κ2) is 6.04. The van der Waals surface area contributed by atoms with E-state index in [0.717, 1.165) is 12.1 Å². The molecule has 0 aliphatic carbocycles. The molecule has 21 heavy (non-hydrogen) atoms. The molecule has 0 aliphatic heterocycles. The summed E-state index contributed by atoms with van der Waals surface area (Å²) in [5.74, 6) is -2.32. The predicted molar refractivity (Wildman–Crippen MR) is 73.8 cm³/mol. The monoisotopic (exact) mass is 289 g/mol. The number of hydrogen-bond donors (Lipinski definition) is 3. The second-order valence-corrected chi connectivity index (χ2v) is 4.38. The van der Waals surface area contributed by atoms with Gasteiger partial charge in [0, 0.05) is 11.3 Å². The number of anilines is 1. The Hall–Kier alpha value is -2.89. The minimum absolute atomic E-state index is 0.0430. The summed E-state index contributed by atoms with van der Waals surface area (Å²) >= 11 is 0. The Kier molecular flexibility index (Phi) is 4.18. The SMILES string of the molecule is O=C(Cc1cc(F)ccc1O)Nc1cccc(C(=O)O)c1. The van der Waals surface area contributed by atoms with Crippen molar-refractivity contribution in [2.75, 3.05) is 5.32 Å². The van der Waals surface area contributed by atoms with Crippen LogP contribution in [0.15, 0.2) is 42.5 Å². The van der Waals surface area contributed by atoms with Gasteiger partial charge in [0.2, 0.25) is 5.91 Å². The molecular weight excluding hydrogens is 277 g/mol. The summed E-state index contributed by atoms with van der Waals surface area (Å²) in [4.78, 5) is 22.7. The van der Waals surface area contributed by atoms with Gasteiger partial charge in [0.05, 0.1) is 12.0 Å². The van der Waals surface area contributed by atoms with Gasteiger partial charge in [-0.05, 0) is 36.4 Å². The molecule has 0 unspecified atom stereocenters. The van der Waals surface area contributed by atoms with Crippen LogP contribution in [0.4, 0.5) is 10.1 Å². The smallest absolute Gasteiger partial charge is 0.335 e. The molecule has 0 aromatic heterocycles. The predicted octanol–water partition coefficient (Wildman–Crippen LogP) is 2.41. The number of carboxylic acids is 1. The molecule has 0 spiro atoms. The van der Waals surface area contributed by atoms with Crippen molar-refractivity contribution in [1.29, 1.82) is 0 Å². The van der Waals surface area contributed by atoms with E-state index in [4.69, 9.17) is 5.11 Å². The fraction of sp³-hybridized carbons (Fsp3) is 0.0667. The lowest BCUT2D eigenvalue weighted by Crippen LogP contribution is -2.15. The van der Waals surface area contributed by atoms with Crippen molar-refractivity contribution in [1.82, 2.24) is 0 Å². The standard InChI is InChI=1S/C15H12FNO4/c16-11-4-5-13(18)10(6-11)8-14(19)17-12-3-1-2-9(7-12)15(20)21/h1-7,18H,8H2,(H,17,19)(H,20,21). The summed E-state index contributed by atoms with van der Waals surface area (Å²) < 4.78 is 13.1. The number of nitrogens with one attached hydrogen (secondary N) is 1. The highest BCUT2D eigenvalue weighted by atomic mass is 19.1. The van der Waals surface area contributed by atoms with Crippen LogP contribution in [0, 0.1) is 5.82 Å². The minimum Gasteiger partial charge on any atom is -0.508 e. The van der Waals surface area contributed by atoms with Crippen molar-refractivity contribution in [3.63, 3.8) is 0 Å². The van der Waals surface area contributed by atoms with Crippen LogP contribution < -0.4 is 5.32 Å². The first-order valence-electron chi connectivity index (χ1n) is 6.06. The lowest BCUT2D eigenvalue weighted by Gasteiger charge is -2.07. The average molecular weight is 289 g/mol. The van der Waals surface area contributed by atoms with Gasteiger partial charge in [-0.1, -0.05) is 6.07 Å². The number of aromatic hydroxyl groups is 1. The van der Waals surface area contributed by atoms with Crippen LogP contribution >= 0.6 is 0 Å². The van der Waals surface area contributed by atoms with Gasteiger partial charge in [0.25, 0.3) is 0 Å². The summed E-state index contributed by atoms with van der Waals surface area (Å²) in [5.41, 5.74) is 0.513. The summed E-state index contributed by atoms with van der Waals surface area (Å²) in [6, 6.07) is 9.08. The van der Waals surface area contributed by atoms with Crippen molar-refractivity contribution in [2.24, 2.45) is 0 Å². The van der Waals surface area contributed by atoms with Crippen LogP contribution in [-0.4, -0.2) is 22.1 Å².